The van der Waals surface area contributed by atoms with Gasteiger partial charge in [0.05, 0.1) is 0 Å². The number of amides is 1. The Kier molecular flexibility index (Phi) is 9.27. The van der Waals surface area contributed by atoms with E-state index in [1.807, 2.05) is 19.1 Å². The first kappa shape index (κ1) is 17.9. The van der Waals surface area contributed by atoms with Gasteiger partial charge in [0.25, 0.3) is 0 Å². The molecule has 4 heteroatoms. The van der Waals surface area contributed by atoms with Gasteiger partial charge >= 0.3 is 0 Å². The summed E-state index contributed by atoms with van der Waals surface area (Å²) in [6, 6.07) is 5.98. The summed E-state index contributed by atoms with van der Waals surface area (Å²) in [6.45, 7) is 4.83. The molecule has 0 atom stereocenters. The Morgan fingerprint density at radius 3 is 2.53 bits per heavy atom. The smallest absolute Gasteiger partial charge is 0.224 e. The summed E-state index contributed by atoms with van der Waals surface area (Å²) >= 11 is 0. The lowest BCUT2D eigenvalue weighted by Gasteiger charge is -2.10. The highest BCUT2D eigenvalue weighted by atomic mass is 35.5. The largest absolute Gasteiger partial charge is 0.330 e. The van der Waals surface area contributed by atoms with Crippen molar-refractivity contribution in [3.05, 3.63) is 29.3 Å². The zero-order chi connectivity index (χ0) is 13.4. The molecule has 0 aliphatic heterocycles. The van der Waals surface area contributed by atoms with Crippen LogP contribution in [-0.2, 0) is 4.79 Å². The predicted molar refractivity (Wildman–Crippen MR) is 83.9 cm³/mol. The molecule has 0 spiro atoms. The normalized spacial score (nSPS) is 9.84. The van der Waals surface area contributed by atoms with Gasteiger partial charge < -0.3 is 11.1 Å². The lowest BCUT2D eigenvalue weighted by molar-refractivity contribution is -0.116. The Hall–Kier alpha value is -1.06. The number of anilines is 1. The van der Waals surface area contributed by atoms with E-state index in [-0.39, 0.29) is 18.3 Å². The number of halogens is 1. The summed E-state index contributed by atoms with van der Waals surface area (Å²) in [6.07, 6.45) is 4.79. The highest BCUT2D eigenvalue weighted by molar-refractivity contribution is 5.91. The molecule has 19 heavy (non-hydrogen) atoms. The second kappa shape index (κ2) is 9.82. The summed E-state index contributed by atoms with van der Waals surface area (Å²) in [5.74, 6) is 0.108. The van der Waals surface area contributed by atoms with Gasteiger partial charge in [0.2, 0.25) is 5.91 Å². The molecule has 1 amide bonds. The molecule has 0 bridgehead atoms. The van der Waals surface area contributed by atoms with Crippen LogP contribution >= 0.6 is 12.4 Å². The van der Waals surface area contributed by atoms with Crippen LogP contribution in [0.1, 0.15) is 43.2 Å². The van der Waals surface area contributed by atoms with Crippen LogP contribution in [0.15, 0.2) is 18.2 Å². The van der Waals surface area contributed by atoms with Crippen molar-refractivity contribution in [1.82, 2.24) is 0 Å². The summed E-state index contributed by atoms with van der Waals surface area (Å²) in [4.78, 5) is 11.8. The number of hydrogen-bond donors (Lipinski definition) is 2. The van der Waals surface area contributed by atoms with E-state index in [2.05, 4.69) is 18.3 Å². The fraction of sp³-hybridized carbons (Fsp3) is 0.533. The van der Waals surface area contributed by atoms with Crippen molar-refractivity contribution in [3.63, 3.8) is 0 Å². The molecule has 0 saturated carbocycles. The standard InChI is InChI=1S/C15H24N2O.ClH/c1-12-8-7-9-14(13(12)2)17-15(18)10-5-3-4-6-11-16;/h7-9H,3-6,10-11,16H2,1-2H3,(H,17,18);1H. The third kappa shape index (κ3) is 6.60. The van der Waals surface area contributed by atoms with Gasteiger partial charge in [-0.25, -0.2) is 0 Å². The summed E-state index contributed by atoms with van der Waals surface area (Å²) < 4.78 is 0. The van der Waals surface area contributed by atoms with Gasteiger partial charge in [-0.1, -0.05) is 25.0 Å². The maximum Gasteiger partial charge on any atom is 0.224 e. The van der Waals surface area contributed by atoms with Crippen molar-refractivity contribution in [3.8, 4) is 0 Å². The highest BCUT2D eigenvalue weighted by Crippen LogP contribution is 2.18. The molecule has 1 aromatic carbocycles. The van der Waals surface area contributed by atoms with Gasteiger partial charge in [-0.3, -0.25) is 4.79 Å². The van der Waals surface area contributed by atoms with Gasteiger partial charge in [0.15, 0.2) is 0 Å². The predicted octanol–water partition coefficient (Wildman–Crippen LogP) is 3.57. The molecule has 0 aromatic heterocycles. The zero-order valence-electron chi connectivity index (χ0n) is 11.9. The Morgan fingerprint density at radius 1 is 1.16 bits per heavy atom. The molecule has 0 radical (unpaired) electrons. The lowest BCUT2D eigenvalue weighted by atomic mass is 10.1. The minimum absolute atomic E-state index is 0. The Balaban J connectivity index is 0.00000324. The number of unbranched alkanes of at least 4 members (excludes halogenated alkanes) is 3. The molecule has 108 valence electrons. The molecule has 0 heterocycles. The molecule has 3 N–H and O–H groups in total. The zero-order valence-corrected chi connectivity index (χ0v) is 12.7. The minimum Gasteiger partial charge on any atom is -0.330 e. The van der Waals surface area contributed by atoms with Crippen molar-refractivity contribution in [1.29, 1.82) is 0 Å². The summed E-state index contributed by atoms with van der Waals surface area (Å²) in [7, 11) is 0. The number of carbonyl (C=O) groups is 1. The van der Waals surface area contributed by atoms with Crippen LogP contribution in [0.3, 0.4) is 0 Å². The topological polar surface area (TPSA) is 55.1 Å². The molecule has 0 fully saturated rings. The van der Waals surface area contributed by atoms with Crippen LogP contribution in [-0.4, -0.2) is 12.5 Å². The maximum absolute atomic E-state index is 11.8. The van der Waals surface area contributed by atoms with Crippen molar-refractivity contribution in [2.45, 2.75) is 46.0 Å². The quantitative estimate of drug-likeness (QED) is 0.752. The van der Waals surface area contributed by atoms with E-state index < -0.39 is 0 Å². The van der Waals surface area contributed by atoms with Crippen LogP contribution in [0.4, 0.5) is 5.69 Å². The SMILES string of the molecule is Cc1cccc(NC(=O)CCCCCCN)c1C.Cl. The average molecular weight is 285 g/mol. The van der Waals surface area contributed by atoms with Crippen LogP contribution in [0.2, 0.25) is 0 Å². The summed E-state index contributed by atoms with van der Waals surface area (Å²) in [5.41, 5.74) is 8.71. The fourth-order valence-corrected chi connectivity index (χ4v) is 1.88. The monoisotopic (exact) mass is 284 g/mol. The molecule has 0 aliphatic carbocycles. The Morgan fingerprint density at radius 2 is 1.84 bits per heavy atom. The summed E-state index contributed by atoms with van der Waals surface area (Å²) in [5, 5.41) is 2.98. The van der Waals surface area contributed by atoms with Crippen LogP contribution < -0.4 is 11.1 Å². The fourth-order valence-electron chi connectivity index (χ4n) is 1.88. The van der Waals surface area contributed by atoms with Gasteiger partial charge in [-0.05, 0) is 50.4 Å². The first-order valence-electron chi connectivity index (χ1n) is 6.71. The van der Waals surface area contributed by atoms with E-state index in [0.29, 0.717) is 6.42 Å². The second-order valence-electron chi connectivity index (χ2n) is 4.75. The van der Waals surface area contributed by atoms with Gasteiger partial charge in [-0.2, -0.15) is 0 Å². The average Bonchev–Trinajstić information content (AvgIpc) is 2.35. The molecular formula is C15H25ClN2O. The molecular weight excluding hydrogens is 260 g/mol. The maximum atomic E-state index is 11.8. The van der Waals surface area contributed by atoms with Crippen LogP contribution in [0, 0.1) is 13.8 Å². The third-order valence-corrected chi connectivity index (χ3v) is 3.24. The number of rotatable bonds is 7. The minimum atomic E-state index is 0. The van der Waals surface area contributed by atoms with Gasteiger partial charge in [0.1, 0.15) is 0 Å². The first-order valence-corrected chi connectivity index (χ1v) is 6.71. The molecule has 1 rings (SSSR count). The Labute approximate surface area is 122 Å². The number of hydrogen-bond acceptors (Lipinski definition) is 2. The molecule has 3 nitrogen and oxygen atoms in total. The number of nitrogens with one attached hydrogen (secondary N) is 1. The Bertz CT molecular complexity index is 394. The molecule has 0 saturated heterocycles. The van der Waals surface area contributed by atoms with Crippen molar-refractivity contribution in [2.75, 3.05) is 11.9 Å². The van der Waals surface area contributed by atoms with Crippen molar-refractivity contribution < 1.29 is 4.79 Å². The van der Waals surface area contributed by atoms with E-state index in [9.17, 15) is 4.79 Å². The molecule has 0 aliphatic rings. The van der Waals surface area contributed by atoms with Crippen LogP contribution in [0.5, 0.6) is 0 Å². The molecule has 0 unspecified atom stereocenters. The number of benzene rings is 1. The van der Waals surface area contributed by atoms with Gasteiger partial charge in [-0.15, -0.1) is 12.4 Å². The van der Waals surface area contributed by atoms with Crippen molar-refractivity contribution in [2.24, 2.45) is 5.73 Å². The second-order valence-corrected chi connectivity index (χ2v) is 4.75. The number of carbonyl (C=O) groups excluding carboxylic acids is 1. The van der Waals surface area contributed by atoms with Crippen LogP contribution in [0.25, 0.3) is 0 Å². The van der Waals surface area contributed by atoms with Crippen molar-refractivity contribution >= 4 is 24.0 Å². The number of nitrogens with two attached hydrogens (primary N) is 1. The van der Waals surface area contributed by atoms with E-state index >= 15 is 0 Å². The number of aryl methyl sites for hydroxylation is 1. The van der Waals surface area contributed by atoms with E-state index in [1.165, 1.54) is 5.56 Å². The van der Waals surface area contributed by atoms with Gasteiger partial charge in [0, 0.05) is 12.1 Å². The van der Waals surface area contributed by atoms with E-state index in [1.54, 1.807) is 0 Å². The third-order valence-electron chi connectivity index (χ3n) is 3.24. The first-order chi connectivity index (χ1) is 8.65. The lowest BCUT2D eigenvalue weighted by Crippen LogP contribution is -2.12. The molecule has 1 aromatic rings. The van der Waals surface area contributed by atoms with E-state index in [0.717, 1.165) is 43.5 Å². The van der Waals surface area contributed by atoms with E-state index in [4.69, 9.17) is 5.73 Å². The highest BCUT2D eigenvalue weighted by Gasteiger charge is 2.05.